The molecule has 0 aliphatic carbocycles. The van der Waals surface area contributed by atoms with Crippen LogP contribution < -0.4 is 4.90 Å². The van der Waals surface area contributed by atoms with Crippen LogP contribution in [-0.2, 0) is 11.8 Å². The van der Waals surface area contributed by atoms with E-state index < -0.39 is 42.8 Å². The van der Waals surface area contributed by atoms with Crippen molar-refractivity contribution in [3.63, 3.8) is 0 Å². The number of rotatable bonds is 8. The zero-order chi connectivity index (χ0) is 24.5. The highest BCUT2D eigenvalue weighted by molar-refractivity contribution is 5.82. The monoisotopic (exact) mass is 477 g/mol. The van der Waals surface area contributed by atoms with Gasteiger partial charge in [-0.3, -0.25) is 4.39 Å². The number of aliphatic hydroxyl groups is 1. The Morgan fingerprint density at radius 1 is 1.15 bits per heavy atom. The number of piperidine rings is 1. The maximum atomic E-state index is 14.3. The molecule has 0 saturated carbocycles. The van der Waals surface area contributed by atoms with Crippen molar-refractivity contribution < 1.29 is 22.7 Å². The molecule has 1 fully saturated rings. The number of alkyl halides is 3. The average Bonchev–Trinajstić information content (AvgIpc) is 3.22. The van der Waals surface area contributed by atoms with Crippen molar-refractivity contribution in [3.05, 3.63) is 59.2 Å². The lowest BCUT2D eigenvalue weighted by atomic mass is 9.72. The molecule has 1 aromatic carbocycles. The van der Waals surface area contributed by atoms with Crippen LogP contribution in [0.4, 0.5) is 23.4 Å². The molecule has 8 heteroatoms. The fourth-order valence-electron chi connectivity index (χ4n) is 5.15. The zero-order valence-electron chi connectivity index (χ0n) is 19.6. The molecule has 4 rings (SSSR count). The first-order valence-corrected chi connectivity index (χ1v) is 11.7. The highest BCUT2D eigenvalue weighted by Crippen LogP contribution is 2.40. The van der Waals surface area contributed by atoms with Crippen LogP contribution >= 0.6 is 0 Å². The molecule has 2 N–H and O–H groups in total. The van der Waals surface area contributed by atoms with Crippen molar-refractivity contribution in [2.45, 2.75) is 63.4 Å². The molecule has 2 aromatic heterocycles. The summed E-state index contributed by atoms with van der Waals surface area (Å²) in [6.45, 7) is 3.98. The molecule has 0 radical (unpaired) electrons. The maximum Gasteiger partial charge on any atom is 0.267 e. The molecule has 0 spiro atoms. The number of nitrogens with one attached hydrogen (secondary N) is 1. The Balaban J connectivity index is 1.62. The highest BCUT2D eigenvalue weighted by Gasteiger charge is 2.46. The summed E-state index contributed by atoms with van der Waals surface area (Å²) in [5.74, 6) is 0.266. The first-order valence-electron chi connectivity index (χ1n) is 11.7. The van der Waals surface area contributed by atoms with E-state index in [4.69, 9.17) is 0 Å². The average molecular weight is 478 g/mol. The van der Waals surface area contributed by atoms with Gasteiger partial charge in [0.05, 0.1) is 18.4 Å². The Morgan fingerprint density at radius 3 is 2.56 bits per heavy atom. The van der Waals surface area contributed by atoms with E-state index in [-0.39, 0.29) is 5.56 Å². The zero-order valence-corrected chi connectivity index (χ0v) is 19.6. The summed E-state index contributed by atoms with van der Waals surface area (Å²) in [7, 11) is 0. The molecule has 184 valence electrons. The number of hydrogen-bond acceptors (Lipinski definition) is 3. The predicted molar refractivity (Wildman–Crippen MR) is 126 cm³/mol. The van der Waals surface area contributed by atoms with Gasteiger partial charge in [0.15, 0.2) is 0 Å². The molecule has 1 saturated heterocycles. The lowest BCUT2D eigenvalue weighted by Crippen LogP contribution is -2.46. The van der Waals surface area contributed by atoms with Gasteiger partial charge >= 0.3 is 0 Å². The van der Waals surface area contributed by atoms with E-state index in [1.807, 2.05) is 6.07 Å². The number of nitrogens with zero attached hydrogens (tertiary/aromatic N) is 2. The van der Waals surface area contributed by atoms with Gasteiger partial charge in [0, 0.05) is 36.0 Å². The molecular weight excluding hydrogens is 446 g/mol. The van der Waals surface area contributed by atoms with Crippen LogP contribution in [0.5, 0.6) is 0 Å². The Morgan fingerprint density at radius 2 is 1.88 bits per heavy atom. The summed E-state index contributed by atoms with van der Waals surface area (Å²) in [5.41, 5.74) is -2.04. The lowest BCUT2D eigenvalue weighted by Gasteiger charge is -2.37. The van der Waals surface area contributed by atoms with E-state index >= 15 is 0 Å². The number of fused-ring (bicyclic) bond motifs is 1. The minimum absolute atomic E-state index is 0.279. The van der Waals surface area contributed by atoms with Gasteiger partial charge in [0.1, 0.15) is 17.2 Å². The smallest absolute Gasteiger partial charge is 0.267 e. The van der Waals surface area contributed by atoms with Crippen molar-refractivity contribution >= 4 is 16.7 Å². The molecule has 0 amide bonds. The number of benzene rings is 1. The van der Waals surface area contributed by atoms with Crippen molar-refractivity contribution in [2.24, 2.45) is 0 Å². The molecule has 3 heterocycles. The maximum absolute atomic E-state index is 14.3. The van der Waals surface area contributed by atoms with Crippen LogP contribution in [0.25, 0.3) is 10.9 Å². The Labute approximate surface area is 197 Å². The summed E-state index contributed by atoms with van der Waals surface area (Å²) in [6, 6.07) is 7.55. The number of hydrogen-bond donors (Lipinski definition) is 2. The predicted octanol–water partition coefficient (Wildman–Crippen LogP) is 5.86. The molecule has 34 heavy (non-hydrogen) atoms. The third-order valence-corrected chi connectivity index (χ3v) is 6.97. The van der Waals surface area contributed by atoms with Crippen LogP contribution in [0.3, 0.4) is 0 Å². The topological polar surface area (TPSA) is 52.1 Å². The van der Waals surface area contributed by atoms with Crippen molar-refractivity contribution in [1.29, 1.82) is 0 Å². The molecule has 3 aromatic rings. The van der Waals surface area contributed by atoms with Crippen molar-refractivity contribution in [2.75, 3.05) is 24.7 Å². The number of anilines is 1. The largest absolute Gasteiger partial charge is 0.383 e. The van der Waals surface area contributed by atoms with Gasteiger partial charge in [-0.1, -0.05) is 13.0 Å². The molecule has 1 aliphatic rings. The number of halogens is 4. The van der Waals surface area contributed by atoms with E-state index in [2.05, 4.69) is 14.9 Å². The minimum Gasteiger partial charge on any atom is -0.383 e. The van der Waals surface area contributed by atoms with E-state index in [9.17, 15) is 22.7 Å². The van der Waals surface area contributed by atoms with Crippen molar-refractivity contribution in [3.8, 4) is 0 Å². The van der Waals surface area contributed by atoms with Crippen LogP contribution in [0.15, 0.2) is 36.5 Å². The fourth-order valence-corrected chi connectivity index (χ4v) is 5.15. The van der Waals surface area contributed by atoms with Gasteiger partial charge in [-0.25, -0.2) is 18.2 Å². The number of H-pyrrole nitrogens is 1. The minimum atomic E-state index is -3.12. The fraction of sp³-hybridized carbons (Fsp3) is 0.500. The Bertz CT molecular complexity index is 1140. The molecule has 2 atom stereocenters. The number of aryl methyl sites for hydroxylation is 1. The SMILES string of the molecule is Cc1ccc(F)cc1C(C)(CF)CC(O)(Cc1cc2cc(N3CCCCC3)ncc2[nH]1)C(F)F. The van der Waals surface area contributed by atoms with E-state index in [0.29, 0.717) is 16.8 Å². The second-order valence-electron chi connectivity index (χ2n) is 9.88. The second-order valence-corrected chi connectivity index (χ2v) is 9.88. The van der Waals surface area contributed by atoms with Crippen LogP contribution in [0.1, 0.15) is 49.4 Å². The van der Waals surface area contributed by atoms with Crippen LogP contribution in [-0.4, -0.2) is 46.9 Å². The van der Waals surface area contributed by atoms with Gasteiger partial charge in [-0.15, -0.1) is 0 Å². The van der Waals surface area contributed by atoms with E-state index in [1.165, 1.54) is 25.5 Å². The molecule has 1 aliphatic heterocycles. The highest BCUT2D eigenvalue weighted by atomic mass is 19.3. The van der Waals surface area contributed by atoms with Gasteiger partial charge in [-0.05, 0) is 68.0 Å². The van der Waals surface area contributed by atoms with Gasteiger partial charge in [0.2, 0.25) is 0 Å². The van der Waals surface area contributed by atoms with Gasteiger partial charge in [-0.2, -0.15) is 0 Å². The Kier molecular flexibility index (Phi) is 6.90. The molecular formula is C26H31F4N3O. The van der Waals surface area contributed by atoms with E-state index in [0.717, 1.165) is 43.2 Å². The van der Waals surface area contributed by atoms with Gasteiger partial charge < -0.3 is 15.0 Å². The Hall–Kier alpha value is -2.61. The van der Waals surface area contributed by atoms with Crippen LogP contribution in [0.2, 0.25) is 0 Å². The second kappa shape index (κ2) is 9.56. The normalized spacial score (nSPS) is 18.3. The van der Waals surface area contributed by atoms with Gasteiger partial charge in [0.25, 0.3) is 6.43 Å². The molecule has 4 nitrogen and oxygen atoms in total. The quantitative estimate of drug-likeness (QED) is 0.400. The first-order chi connectivity index (χ1) is 16.1. The van der Waals surface area contributed by atoms with Crippen molar-refractivity contribution in [1.82, 2.24) is 9.97 Å². The van der Waals surface area contributed by atoms with E-state index in [1.54, 1.807) is 19.2 Å². The summed E-state index contributed by atoms with van der Waals surface area (Å²) in [5, 5.41) is 11.9. The molecule has 2 unspecified atom stereocenters. The standard InChI is InChI=1S/C26H31F4N3O/c1-17-6-7-19(28)12-21(17)25(2,16-27)15-26(34,24(29)30)13-20-10-18-11-23(31-14-22(18)32-20)33-8-4-3-5-9-33/h6-7,10-12,14,24,32,34H,3-5,8-9,13,15-16H2,1-2H3. The number of pyridine rings is 1. The number of aromatic amines is 1. The number of aromatic nitrogens is 2. The lowest BCUT2D eigenvalue weighted by molar-refractivity contribution is -0.113. The van der Waals surface area contributed by atoms with Crippen LogP contribution in [0, 0.1) is 12.7 Å². The summed E-state index contributed by atoms with van der Waals surface area (Å²) in [4.78, 5) is 9.78. The third-order valence-electron chi connectivity index (χ3n) is 6.97. The summed E-state index contributed by atoms with van der Waals surface area (Å²) in [6.07, 6.45) is 1.00. The molecule has 0 bridgehead atoms. The first kappa shape index (κ1) is 24.5. The summed E-state index contributed by atoms with van der Waals surface area (Å²) < 4.78 is 56.6. The summed E-state index contributed by atoms with van der Waals surface area (Å²) >= 11 is 0. The third kappa shape index (κ3) is 4.92.